The number of hydrogen-bond donors (Lipinski definition) is 3. The van der Waals surface area contributed by atoms with Gasteiger partial charge < -0.3 is 33.8 Å². The third-order valence-electron chi connectivity index (χ3n) is 16.7. The van der Waals surface area contributed by atoms with Gasteiger partial charge in [0.2, 0.25) is 0 Å². The van der Waals surface area contributed by atoms with Crippen LogP contribution in [0.5, 0.6) is 0 Å². The van der Waals surface area contributed by atoms with Gasteiger partial charge in [-0.1, -0.05) is 299 Å². The van der Waals surface area contributed by atoms with E-state index < -0.39 is 97.5 Å². The lowest BCUT2D eigenvalue weighted by atomic mass is 9.99. The molecular weight excluding hydrogens is 1190 g/mol. The Morgan fingerprint density at radius 3 is 0.789 bits per heavy atom. The van der Waals surface area contributed by atoms with Crippen LogP contribution in [0.4, 0.5) is 0 Å². The third-order valence-corrected chi connectivity index (χ3v) is 18.6. The Labute approximate surface area is 549 Å². The van der Waals surface area contributed by atoms with Crippen LogP contribution in [0, 0.1) is 23.7 Å². The molecule has 0 aliphatic heterocycles. The highest BCUT2D eigenvalue weighted by molar-refractivity contribution is 7.47. The van der Waals surface area contributed by atoms with Crippen LogP contribution < -0.4 is 0 Å². The van der Waals surface area contributed by atoms with Crippen molar-refractivity contribution in [2.75, 3.05) is 39.6 Å². The molecule has 3 unspecified atom stereocenters. The molecule has 3 N–H and O–H groups in total. The minimum absolute atomic E-state index is 0.104. The molecule has 0 spiro atoms. The number of phosphoric ester groups is 2. The van der Waals surface area contributed by atoms with Crippen LogP contribution >= 0.6 is 15.6 Å². The summed E-state index contributed by atoms with van der Waals surface area (Å²) < 4.78 is 68.3. The highest BCUT2D eigenvalue weighted by Crippen LogP contribution is 2.45. The highest BCUT2D eigenvalue weighted by atomic mass is 31.2. The minimum atomic E-state index is -4.95. The standard InChI is InChI=1S/C71H138O17P2/c1-9-64(8)50-42-34-25-21-22-26-35-43-51-68(73)81-57-66(87-70(75)53-45-37-27-19-15-13-11-10-12-14-17-23-31-39-47-61(2)3)59-85-89(77,78)83-55-65(72)56-84-90(79,80)86-60-67(58-82-69(74)52-44-36-30-29-33-41-49-63(6)7)88-71(76)54-46-38-28-20-16-18-24-32-40-48-62(4)5/h61-67,72H,9-60H2,1-8H3,(H,77,78)(H,79,80)/t64?,65-,66-,67-/m1/s1. The van der Waals surface area contributed by atoms with Gasteiger partial charge in [-0.15, -0.1) is 0 Å². The Bertz CT molecular complexity index is 1780. The van der Waals surface area contributed by atoms with E-state index in [0.717, 1.165) is 114 Å². The van der Waals surface area contributed by atoms with E-state index in [2.05, 4.69) is 55.4 Å². The molecule has 17 nitrogen and oxygen atoms in total. The van der Waals surface area contributed by atoms with Gasteiger partial charge in [-0.3, -0.25) is 37.3 Å². The lowest BCUT2D eigenvalue weighted by molar-refractivity contribution is -0.161. The number of aliphatic hydroxyl groups excluding tert-OH is 1. The quantitative estimate of drug-likeness (QED) is 0.0222. The average molecular weight is 1330 g/mol. The molecule has 0 aromatic carbocycles. The largest absolute Gasteiger partial charge is 0.472 e. The van der Waals surface area contributed by atoms with Crippen molar-refractivity contribution in [1.29, 1.82) is 0 Å². The fourth-order valence-electron chi connectivity index (χ4n) is 10.6. The van der Waals surface area contributed by atoms with Crippen molar-refractivity contribution in [3.05, 3.63) is 0 Å². The van der Waals surface area contributed by atoms with Crippen LogP contribution in [0.3, 0.4) is 0 Å². The van der Waals surface area contributed by atoms with Crippen molar-refractivity contribution in [1.82, 2.24) is 0 Å². The Morgan fingerprint density at radius 1 is 0.311 bits per heavy atom. The van der Waals surface area contributed by atoms with Crippen molar-refractivity contribution in [3.63, 3.8) is 0 Å². The van der Waals surface area contributed by atoms with E-state index in [4.69, 9.17) is 37.0 Å². The molecule has 0 fully saturated rings. The number of rotatable bonds is 68. The number of phosphoric acid groups is 2. The van der Waals surface area contributed by atoms with E-state index in [1.165, 1.54) is 148 Å². The molecule has 6 atom stereocenters. The van der Waals surface area contributed by atoms with Crippen LogP contribution in [0.2, 0.25) is 0 Å². The maximum absolute atomic E-state index is 13.0. The molecule has 19 heteroatoms. The van der Waals surface area contributed by atoms with Gasteiger partial charge in [0.15, 0.2) is 12.2 Å². The zero-order chi connectivity index (χ0) is 66.8. The molecule has 0 aromatic rings. The van der Waals surface area contributed by atoms with Gasteiger partial charge in [-0.2, -0.15) is 0 Å². The second kappa shape index (κ2) is 60.7. The first-order valence-electron chi connectivity index (χ1n) is 36.7. The number of aliphatic hydroxyl groups is 1. The summed E-state index contributed by atoms with van der Waals surface area (Å²) >= 11 is 0. The molecule has 0 aliphatic carbocycles. The monoisotopic (exact) mass is 1320 g/mol. The van der Waals surface area contributed by atoms with E-state index in [0.29, 0.717) is 31.6 Å². The SMILES string of the molecule is CCC(C)CCCCCCCCCCC(=O)OC[C@H](COP(=O)(O)OC[C@@H](O)COP(=O)(O)OC[C@@H](COC(=O)CCCCCCCCC(C)C)OC(=O)CCCCCCCCCCCC(C)C)OC(=O)CCCCCCCCCCCCCCCCC(C)C. The maximum Gasteiger partial charge on any atom is 0.472 e. The van der Waals surface area contributed by atoms with E-state index >= 15 is 0 Å². The smallest absolute Gasteiger partial charge is 0.462 e. The molecule has 90 heavy (non-hydrogen) atoms. The molecule has 534 valence electrons. The molecule has 0 radical (unpaired) electrons. The summed E-state index contributed by atoms with van der Waals surface area (Å²) in [5.41, 5.74) is 0. The molecule has 0 rings (SSSR count). The molecule has 0 saturated carbocycles. The zero-order valence-corrected chi connectivity index (χ0v) is 60.6. The second-order valence-electron chi connectivity index (χ2n) is 27.3. The summed E-state index contributed by atoms with van der Waals surface area (Å²) in [6.45, 7) is 14.1. The Hall–Kier alpha value is -1.94. The van der Waals surface area contributed by atoms with Crippen LogP contribution in [0.1, 0.15) is 351 Å². The van der Waals surface area contributed by atoms with Gasteiger partial charge in [0.1, 0.15) is 19.3 Å². The number of ether oxygens (including phenoxy) is 4. The van der Waals surface area contributed by atoms with Gasteiger partial charge in [0.25, 0.3) is 0 Å². The molecule has 0 bridgehead atoms. The molecule has 0 aromatic heterocycles. The first kappa shape index (κ1) is 88.1. The Morgan fingerprint density at radius 2 is 0.533 bits per heavy atom. The number of hydrogen-bond acceptors (Lipinski definition) is 15. The molecular formula is C71H138O17P2. The van der Waals surface area contributed by atoms with E-state index in [1.54, 1.807) is 0 Å². The van der Waals surface area contributed by atoms with Gasteiger partial charge in [0.05, 0.1) is 26.4 Å². The van der Waals surface area contributed by atoms with Crippen LogP contribution in [-0.2, 0) is 65.4 Å². The lowest BCUT2D eigenvalue weighted by Gasteiger charge is -2.21. The fourth-order valence-corrected chi connectivity index (χ4v) is 12.2. The van der Waals surface area contributed by atoms with Crippen molar-refractivity contribution >= 4 is 39.5 Å². The Kier molecular flexibility index (Phi) is 59.4. The third kappa shape index (κ3) is 63.5. The van der Waals surface area contributed by atoms with Crippen LogP contribution in [0.25, 0.3) is 0 Å². The number of carbonyl (C=O) groups excluding carboxylic acids is 4. The van der Waals surface area contributed by atoms with Crippen molar-refractivity contribution < 1.29 is 80.2 Å². The summed E-state index contributed by atoms with van der Waals surface area (Å²) in [7, 11) is -9.90. The topological polar surface area (TPSA) is 237 Å². The first-order chi connectivity index (χ1) is 43.1. The van der Waals surface area contributed by atoms with Gasteiger partial charge in [0, 0.05) is 25.7 Å². The summed E-state index contributed by atoms with van der Waals surface area (Å²) in [5, 5.41) is 10.6. The summed E-state index contributed by atoms with van der Waals surface area (Å²) in [4.78, 5) is 72.5. The lowest BCUT2D eigenvalue weighted by Crippen LogP contribution is -2.30. The maximum atomic E-state index is 13.0. The average Bonchev–Trinajstić information content (AvgIpc) is 2.85. The van der Waals surface area contributed by atoms with E-state index in [1.807, 2.05) is 0 Å². The Balaban J connectivity index is 5.24. The highest BCUT2D eigenvalue weighted by Gasteiger charge is 2.30. The summed E-state index contributed by atoms with van der Waals surface area (Å²) in [5.74, 6) is 0.858. The van der Waals surface area contributed by atoms with Crippen LogP contribution in [-0.4, -0.2) is 96.7 Å². The van der Waals surface area contributed by atoms with Gasteiger partial charge in [-0.05, 0) is 49.4 Å². The predicted molar refractivity (Wildman–Crippen MR) is 363 cm³/mol. The van der Waals surface area contributed by atoms with Crippen LogP contribution in [0.15, 0.2) is 0 Å². The fraction of sp³-hybridized carbons (Fsp3) is 0.944. The molecule has 0 heterocycles. The molecule has 0 amide bonds. The molecule has 0 saturated heterocycles. The summed E-state index contributed by atoms with van der Waals surface area (Å²) in [6, 6.07) is 0. The number of carbonyl (C=O) groups is 4. The summed E-state index contributed by atoms with van der Waals surface area (Å²) in [6.07, 6.45) is 43.2. The van der Waals surface area contributed by atoms with E-state index in [9.17, 15) is 43.2 Å². The minimum Gasteiger partial charge on any atom is -0.462 e. The van der Waals surface area contributed by atoms with Crippen molar-refractivity contribution in [2.45, 2.75) is 369 Å². The zero-order valence-electron chi connectivity index (χ0n) is 58.8. The number of esters is 4. The molecule has 0 aliphatic rings. The van der Waals surface area contributed by atoms with Gasteiger partial charge in [-0.25, -0.2) is 9.13 Å². The second-order valence-corrected chi connectivity index (χ2v) is 30.2. The predicted octanol–water partition coefficient (Wildman–Crippen LogP) is 20.1. The first-order valence-corrected chi connectivity index (χ1v) is 39.7. The van der Waals surface area contributed by atoms with Crippen molar-refractivity contribution in [3.8, 4) is 0 Å². The normalized spacial score (nSPS) is 14.6. The number of unbranched alkanes of at least 4 members (excludes halogenated alkanes) is 33. The van der Waals surface area contributed by atoms with Gasteiger partial charge >= 0.3 is 39.5 Å². The van der Waals surface area contributed by atoms with E-state index in [-0.39, 0.29) is 25.7 Å². The van der Waals surface area contributed by atoms with Crippen molar-refractivity contribution in [2.24, 2.45) is 23.7 Å².